The fourth-order valence-electron chi connectivity index (χ4n) is 2.58. The quantitative estimate of drug-likeness (QED) is 0.661. The van der Waals surface area contributed by atoms with E-state index in [0.29, 0.717) is 13.2 Å². The molecule has 0 aromatic carbocycles. The third-order valence-electron chi connectivity index (χ3n) is 4.06. The molecule has 0 aromatic heterocycles. The summed E-state index contributed by atoms with van der Waals surface area (Å²) >= 11 is 0. The summed E-state index contributed by atoms with van der Waals surface area (Å²) in [6, 6.07) is 0. The van der Waals surface area contributed by atoms with E-state index >= 15 is 0 Å². The summed E-state index contributed by atoms with van der Waals surface area (Å²) in [6.07, 6.45) is 5.12. The number of morpholine rings is 1. The first-order chi connectivity index (χ1) is 7.54. The minimum Gasteiger partial charge on any atom is -0.370 e. The molecule has 0 bridgehead atoms. The maximum Gasteiger partial charge on any atom is 0.253 e. The summed E-state index contributed by atoms with van der Waals surface area (Å²) in [7, 11) is 0. The van der Waals surface area contributed by atoms with Crippen molar-refractivity contribution in [1.29, 1.82) is 0 Å². The van der Waals surface area contributed by atoms with E-state index in [9.17, 15) is 4.79 Å². The van der Waals surface area contributed by atoms with E-state index in [1.807, 2.05) is 6.21 Å². The zero-order valence-electron chi connectivity index (χ0n) is 9.69. The largest absolute Gasteiger partial charge is 0.370 e. The third kappa shape index (κ3) is 1.26. The summed E-state index contributed by atoms with van der Waals surface area (Å²) in [5.41, 5.74) is 1.17. The molecule has 1 saturated heterocycles. The smallest absolute Gasteiger partial charge is 0.253 e. The number of hydrogen-bond acceptors (Lipinski definition) is 3. The Morgan fingerprint density at radius 3 is 3.00 bits per heavy atom. The Morgan fingerprint density at radius 2 is 2.31 bits per heavy atom. The Morgan fingerprint density at radius 1 is 1.50 bits per heavy atom. The average molecular weight is 220 g/mol. The first-order valence-corrected chi connectivity index (χ1v) is 5.70. The molecule has 1 saturated carbocycles. The molecule has 1 amide bonds. The fourth-order valence-corrected chi connectivity index (χ4v) is 2.58. The number of hydrogen-bond donors (Lipinski definition) is 0. The van der Waals surface area contributed by atoms with E-state index in [4.69, 9.17) is 4.74 Å². The third-order valence-corrected chi connectivity index (χ3v) is 4.06. The Hall–Kier alpha value is -1.16. The van der Waals surface area contributed by atoms with Gasteiger partial charge >= 0.3 is 0 Å². The highest BCUT2D eigenvalue weighted by molar-refractivity contribution is 5.90. The fraction of sp³-hybridized carbons (Fsp3) is 0.667. The molecule has 86 valence electrons. The molecule has 2 atom stereocenters. The van der Waals surface area contributed by atoms with E-state index in [1.165, 1.54) is 0 Å². The number of ether oxygens (including phenoxy) is 1. The lowest BCUT2D eigenvalue weighted by Crippen LogP contribution is -2.42. The van der Waals surface area contributed by atoms with Gasteiger partial charge in [0.15, 0.2) is 0 Å². The van der Waals surface area contributed by atoms with Crippen LogP contribution in [0.3, 0.4) is 0 Å². The van der Waals surface area contributed by atoms with Crippen molar-refractivity contribution in [2.45, 2.75) is 25.8 Å². The van der Waals surface area contributed by atoms with Gasteiger partial charge in [-0.25, -0.2) is 0 Å². The lowest BCUT2D eigenvalue weighted by molar-refractivity contribution is -0.139. The molecule has 3 aliphatic rings. The van der Waals surface area contributed by atoms with Gasteiger partial charge in [-0.3, -0.25) is 9.79 Å². The number of dihydropyridines is 1. The van der Waals surface area contributed by atoms with Crippen LogP contribution < -0.4 is 0 Å². The molecule has 2 heterocycles. The van der Waals surface area contributed by atoms with E-state index < -0.39 is 0 Å². The lowest BCUT2D eigenvalue weighted by atomic mass is 9.99. The van der Waals surface area contributed by atoms with Gasteiger partial charge in [0.1, 0.15) is 6.61 Å². The Bertz CT molecular complexity index is 415. The summed E-state index contributed by atoms with van der Waals surface area (Å²) in [5.74, 6) is 0.0387. The Balaban J connectivity index is 1.86. The van der Waals surface area contributed by atoms with Crippen molar-refractivity contribution in [3.05, 3.63) is 11.8 Å². The Kier molecular flexibility index (Phi) is 1.84. The van der Waals surface area contributed by atoms with Gasteiger partial charge in [0.25, 0.3) is 5.91 Å². The second kappa shape index (κ2) is 2.94. The number of allylic oxidation sites excluding steroid dienone is 1. The van der Waals surface area contributed by atoms with Crippen molar-refractivity contribution >= 4 is 12.1 Å². The number of amides is 1. The monoisotopic (exact) mass is 220 g/mol. The summed E-state index contributed by atoms with van der Waals surface area (Å²) in [5, 5.41) is 0. The molecular formula is C12H16N2O2. The van der Waals surface area contributed by atoms with Crippen LogP contribution >= 0.6 is 0 Å². The van der Waals surface area contributed by atoms with Gasteiger partial charge in [0, 0.05) is 18.2 Å². The molecule has 3 rings (SSSR count). The number of carbonyl (C=O) groups excluding carboxylic acids is 1. The van der Waals surface area contributed by atoms with Crippen molar-refractivity contribution < 1.29 is 9.53 Å². The molecule has 2 fully saturated rings. The van der Waals surface area contributed by atoms with Crippen molar-refractivity contribution in [3.63, 3.8) is 0 Å². The molecule has 4 nitrogen and oxygen atoms in total. The van der Waals surface area contributed by atoms with Crippen LogP contribution in [0.1, 0.15) is 20.3 Å². The van der Waals surface area contributed by atoms with Crippen LogP contribution in [0.2, 0.25) is 0 Å². The van der Waals surface area contributed by atoms with Crippen LogP contribution in [0.15, 0.2) is 16.8 Å². The maximum absolute atomic E-state index is 11.7. The predicted molar refractivity (Wildman–Crippen MR) is 60.2 cm³/mol. The van der Waals surface area contributed by atoms with Crippen molar-refractivity contribution in [2.24, 2.45) is 10.4 Å². The molecule has 0 radical (unpaired) electrons. The minimum absolute atomic E-state index is 0.0387. The SMILES string of the molecule is CC12C=C(N3CCOCC3=O)C=NC1(C)C2. The Labute approximate surface area is 95.0 Å². The van der Waals surface area contributed by atoms with Gasteiger partial charge in [-0.05, 0) is 13.3 Å². The van der Waals surface area contributed by atoms with E-state index in [0.717, 1.165) is 12.1 Å². The number of fused-ring (bicyclic) bond motifs is 1. The van der Waals surface area contributed by atoms with Crippen LogP contribution in [0.5, 0.6) is 0 Å². The first kappa shape index (κ1) is 10.0. The van der Waals surface area contributed by atoms with Crippen LogP contribution in [-0.4, -0.2) is 42.3 Å². The van der Waals surface area contributed by atoms with Crippen LogP contribution in [0.25, 0.3) is 0 Å². The molecule has 2 aliphatic heterocycles. The highest BCUT2D eigenvalue weighted by atomic mass is 16.5. The lowest BCUT2D eigenvalue weighted by Gasteiger charge is -2.30. The number of carbonyl (C=O) groups is 1. The predicted octanol–water partition coefficient (Wildman–Crippen LogP) is 0.982. The zero-order valence-corrected chi connectivity index (χ0v) is 9.69. The summed E-state index contributed by atoms with van der Waals surface area (Å²) in [6.45, 7) is 5.82. The zero-order chi connectivity index (χ0) is 11.4. The topological polar surface area (TPSA) is 41.9 Å². The second-order valence-electron chi connectivity index (χ2n) is 5.29. The van der Waals surface area contributed by atoms with E-state index in [2.05, 4.69) is 24.9 Å². The molecule has 0 aromatic rings. The molecular weight excluding hydrogens is 204 g/mol. The van der Waals surface area contributed by atoms with Crippen LogP contribution in [-0.2, 0) is 9.53 Å². The molecule has 0 spiro atoms. The normalized spacial score (nSPS) is 41.8. The van der Waals surface area contributed by atoms with E-state index in [-0.39, 0.29) is 23.5 Å². The van der Waals surface area contributed by atoms with Gasteiger partial charge in [-0.1, -0.05) is 13.0 Å². The van der Waals surface area contributed by atoms with Crippen molar-refractivity contribution in [3.8, 4) is 0 Å². The number of aliphatic imine (C=N–C) groups is 1. The average Bonchev–Trinajstić information content (AvgIpc) is 2.81. The van der Waals surface area contributed by atoms with Gasteiger partial charge in [-0.2, -0.15) is 0 Å². The highest BCUT2D eigenvalue weighted by Crippen LogP contribution is 2.61. The number of rotatable bonds is 1. The first-order valence-electron chi connectivity index (χ1n) is 5.70. The molecule has 16 heavy (non-hydrogen) atoms. The maximum atomic E-state index is 11.7. The summed E-state index contributed by atoms with van der Waals surface area (Å²) < 4.78 is 5.12. The molecule has 0 N–H and O–H groups in total. The van der Waals surface area contributed by atoms with Gasteiger partial charge in [0.05, 0.1) is 17.8 Å². The van der Waals surface area contributed by atoms with E-state index in [1.54, 1.807) is 4.90 Å². The summed E-state index contributed by atoms with van der Waals surface area (Å²) in [4.78, 5) is 18.1. The standard InChI is InChI=1S/C12H16N2O2/c1-11-5-9(6-13-12(11,2)8-11)14-3-4-16-7-10(14)15/h5-6H,3-4,7-8H2,1-2H3. The van der Waals surface area contributed by atoms with Gasteiger partial charge in [0.2, 0.25) is 0 Å². The molecule has 4 heteroatoms. The van der Waals surface area contributed by atoms with Crippen LogP contribution in [0, 0.1) is 5.41 Å². The van der Waals surface area contributed by atoms with Gasteiger partial charge in [-0.15, -0.1) is 0 Å². The second-order valence-corrected chi connectivity index (χ2v) is 5.29. The molecule has 2 unspecified atom stereocenters. The number of nitrogens with zero attached hydrogens (tertiary/aromatic N) is 2. The minimum atomic E-state index is 0.0387. The van der Waals surface area contributed by atoms with Crippen molar-refractivity contribution in [1.82, 2.24) is 4.90 Å². The molecule has 1 aliphatic carbocycles. The van der Waals surface area contributed by atoms with Crippen LogP contribution in [0.4, 0.5) is 0 Å². The van der Waals surface area contributed by atoms with Gasteiger partial charge < -0.3 is 9.64 Å². The highest BCUT2D eigenvalue weighted by Gasteiger charge is 2.61. The van der Waals surface area contributed by atoms with Crippen molar-refractivity contribution in [2.75, 3.05) is 19.8 Å².